The Morgan fingerprint density at radius 1 is 0.779 bits per heavy atom. The fourth-order valence-corrected chi connectivity index (χ4v) is 14.8. The lowest BCUT2D eigenvalue weighted by Gasteiger charge is -2.58. The van der Waals surface area contributed by atoms with E-state index in [9.17, 15) is 19.2 Å². The van der Waals surface area contributed by atoms with Crippen LogP contribution in [0.2, 0.25) is 0 Å². The van der Waals surface area contributed by atoms with Gasteiger partial charge < -0.3 is 43.8 Å². The number of alkyl carbamates (subject to hydrolysis) is 1. The summed E-state index contributed by atoms with van der Waals surface area (Å²) in [5.41, 5.74) is 4.21. The number of carboxylic acids is 1. The van der Waals surface area contributed by atoms with Crippen LogP contribution < -0.4 is 14.8 Å². The summed E-state index contributed by atoms with van der Waals surface area (Å²) in [5, 5.41) is 11.9. The zero-order chi connectivity index (χ0) is 55.2. The summed E-state index contributed by atoms with van der Waals surface area (Å²) in [4.78, 5) is 48.2. The van der Waals surface area contributed by atoms with Gasteiger partial charge in [0, 0.05) is 38.4 Å². The molecule has 12 heteroatoms. The molecule has 10 atom stereocenters. The van der Waals surface area contributed by atoms with Gasteiger partial charge in [0.2, 0.25) is 0 Å². The highest BCUT2D eigenvalue weighted by Gasteiger charge is 2.59. The fourth-order valence-electron chi connectivity index (χ4n) is 14.8. The zero-order valence-corrected chi connectivity index (χ0v) is 47.8. The van der Waals surface area contributed by atoms with Gasteiger partial charge in [-0.1, -0.05) is 127 Å². The van der Waals surface area contributed by atoms with Gasteiger partial charge in [-0.15, -0.1) is 0 Å². The number of allylic oxidation sites excluding steroid dienone is 1. The number of esters is 1. The smallest absolute Gasteiger partial charge is 0.407 e. The molecule has 12 nitrogen and oxygen atoms in total. The standard InChI is InChI=1S/C34H57NO3.C31H35NO7/c1-24(2)11-10-12-25(3)29-15-16-30-28-14-13-26-23-27(38-32(37)35-21-8-6-7-9-22-36)17-19-33(26,4)31(28)18-20-34(29,30)5;1-32-19-22(28(20-32)39-30(35)18-17-29(33)34)21-38-31(23-7-5-4-6-8-23,24-9-13-26(36-2)14-10-24)25-11-15-27(37-3)16-12-25/h13,22,24-25,27-31H,6-12,14-21,23H2,1-5H3,(H,35,37);4-16,22,28H,17-21H2,1-3H3,(H,33,34). The van der Waals surface area contributed by atoms with E-state index >= 15 is 0 Å². The average molecular weight is 1060 g/mol. The van der Waals surface area contributed by atoms with Crippen molar-refractivity contribution in [1.82, 2.24) is 10.2 Å². The number of aldehydes is 1. The Balaban J connectivity index is 0.000000224. The molecule has 1 amide bonds. The van der Waals surface area contributed by atoms with E-state index in [0.29, 0.717) is 43.5 Å². The molecule has 0 bridgehead atoms. The number of rotatable bonds is 24. The first-order valence-electron chi connectivity index (χ1n) is 29.2. The normalized spacial score (nSPS) is 27.1. The first-order chi connectivity index (χ1) is 37.0. The van der Waals surface area contributed by atoms with Crippen LogP contribution >= 0.6 is 0 Å². The van der Waals surface area contributed by atoms with Crippen molar-refractivity contribution in [3.05, 3.63) is 107 Å². The first kappa shape index (κ1) is 59.5. The molecule has 77 heavy (non-hydrogen) atoms. The number of likely N-dealkylation sites (N-methyl/N-ethyl adjacent to an activating group) is 1. The summed E-state index contributed by atoms with van der Waals surface area (Å²) in [6.07, 6.45) is 20.0. The minimum absolute atomic E-state index is 0.0114. The third-order valence-electron chi connectivity index (χ3n) is 18.9. The molecular weight excluding hydrogens is 969 g/mol. The fraction of sp³-hybridized carbons (Fsp3) is 0.631. The Morgan fingerprint density at radius 2 is 1.45 bits per heavy atom. The largest absolute Gasteiger partial charge is 0.497 e. The molecule has 0 spiro atoms. The highest BCUT2D eigenvalue weighted by atomic mass is 16.6. The van der Waals surface area contributed by atoms with Crippen molar-refractivity contribution < 1.29 is 48.0 Å². The number of likely N-dealkylation sites (tertiary alicyclic amines) is 1. The van der Waals surface area contributed by atoms with Gasteiger partial charge in [0.05, 0.1) is 33.7 Å². The summed E-state index contributed by atoms with van der Waals surface area (Å²) in [5.74, 6) is 4.96. The number of nitrogens with one attached hydrogen (secondary N) is 1. The van der Waals surface area contributed by atoms with Crippen molar-refractivity contribution in [2.75, 3.05) is 47.5 Å². The monoisotopic (exact) mass is 1060 g/mol. The maximum atomic E-state index is 12.4. The molecule has 2 N–H and O–H groups in total. The molecule has 10 unspecified atom stereocenters. The zero-order valence-electron chi connectivity index (χ0n) is 47.8. The number of carboxylic acid groups (broad SMARTS) is 1. The van der Waals surface area contributed by atoms with Crippen LogP contribution in [0.1, 0.15) is 160 Å². The Labute approximate surface area is 460 Å². The highest BCUT2D eigenvalue weighted by molar-refractivity contribution is 5.76. The van der Waals surface area contributed by atoms with Gasteiger partial charge in [-0.2, -0.15) is 0 Å². The predicted molar refractivity (Wildman–Crippen MR) is 302 cm³/mol. The maximum Gasteiger partial charge on any atom is 0.407 e. The Kier molecular flexibility index (Phi) is 21.3. The number of hydrogen-bond acceptors (Lipinski definition) is 10. The molecule has 3 saturated carbocycles. The third kappa shape index (κ3) is 14.5. The van der Waals surface area contributed by atoms with E-state index in [-0.39, 0.29) is 31.0 Å². The van der Waals surface area contributed by atoms with Crippen LogP contribution in [0.4, 0.5) is 4.79 Å². The van der Waals surface area contributed by atoms with Crippen LogP contribution in [0.15, 0.2) is 90.5 Å². The van der Waals surface area contributed by atoms with Gasteiger partial charge in [-0.3, -0.25) is 9.59 Å². The van der Waals surface area contributed by atoms with Crippen molar-refractivity contribution in [1.29, 1.82) is 0 Å². The van der Waals surface area contributed by atoms with E-state index in [0.717, 1.165) is 109 Å². The number of carbonyl (C=O) groups excluding carboxylic acids is 3. The second-order valence-electron chi connectivity index (χ2n) is 24.2. The van der Waals surface area contributed by atoms with E-state index in [1.54, 1.807) is 19.8 Å². The third-order valence-corrected chi connectivity index (χ3v) is 18.9. The molecule has 0 aromatic heterocycles. The van der Waals surface area contributed by atoms with Crippen LogP contribution in [-0.4, -0.2) is 94.0 Å². The summed E-state index contributed by atoms with van der Waals surface area (Å²) in [6.45, 7) is 14.7. The number of unbranched alkanes of at least 4 members (excludes halogenated alkanes) is 3. The molecule has 4 aliphatic carbocycles. The average Bonchev–Trinajstić information content (AvgIpc) is 4.10. The van der Waals surface area contributed by atoms with E-state index < -0.39 is 23.6 Å². The number of benzene rings is 3. The van der Waals surface area contributed by atoms with Gasteiger partial charge >= 0.3 is 18.0 Å². The van der Waals surface area contributed by atoms with Crippen molar-refractivity contribution in [2.45, 2.75) is 162 Å². The lowest BCUT2D eigenvalue weighted by molar-refractivity contribution is -0.154. The van der Waals surface area contributed by atoms with Gasteiger partial charge in [-0.05, 0) is 152 Å². The molecule has 1 saturated heterocycles. The number of amides is 1. The van der Waals surface area contributed by atoms with Gasteiger partial charge in [0.15, 0.2) is 0 Å². The molecule has 3 aromatic carbocycles. The van der Waals surface area contributed by atoms with E-state index in [4.69, 9.17) is 28.8 Å². The number of fused-ring (bicyclic) bond motifs is 5. The van der Waals surface area contributed by atoms with Gasteiger partial charge in [0.1, 0.15) is 35.6 Å². The molecule has 5 aliphatic rings. The Bertz CT molecular complexity index is 2340. The molecule has 1 heterocycles. The van der Waals surface area contributed by atoms with Crippen LogP contribution in [0.5, 0.6) is 11.5 Å². The molecule has 0 radical (unpaired) electrons. The SMILES string of the molecule is CC(C)CCCC(C)C1CCC2C3CC=C4CC(OC(=O)NCCCCCC=O)CCC4(C)C3CCC12C.COc1ccc(C(OCC2CN(C)CC2OC(=O)CCC(=O)O)(c2ccccc2)c2ccc(OC)cc2)cc1. The topological polar surface area (TPSA) is 150 Å². The van der Waals surface area contributed by atoms with Crippen LogP contribution in [0.3, 0.4) is 0 Å². The summed E-state index contributed by atoms with van der Waals surface area (Å²) >= 11 is 0. The van der Waals surface area contributed by atoms with Crippen molar-refractivity contribution in [3.63, 3.8) is 0 Å². The molecule has 422 valence electrons. The van der Waals surface area contributed by atoms with Gasteiger partial charge in [0.25, 0.3) is 0 Å². The number of aliphatic carboxylic acids is 1. The van der Waals surface area contributed by atoms with E-state index in [2.05, 4.69) is 50.9 Å². The second-order valence-corrected chi connectivity index (χ2v) is 24.2. The number of nitrogens with zero attached hydrogens (tertiary/aromatic N) is 1. The minimum Gasteiger partial charge on any atom is -0.497 e. The minimum atomic E-state index is -1.03. The van der Waals surface area contributed by atoms with Gasteiger partial charge in [-0.25, -0.2) is 4.79 Å². The molecule has 1 aliphatic heterocycles. The molecule has 8 rings (SSSR count). The number of carbonyl (C=O) groups is 4. The molecule has 3 aromatic rings. The first-order valence-corrected chi connectivity index (χ1v) is 29.2. The lowest BCUT2D eigenvalue weighted by Crippen LogP contribution is -2.51. The van der Waals surface area contributed by atoms with Crippen LogP contribution in [0, 0.1) is 52.3 Å². The Hall–Kier alpha value is -5.20. The lowest BCUT2D eigenvalue weighted by atomic mass is 9.47. The number of ether oxygens (including phenoxy) is 5. The van der Waals surface area contributed by atoms with Crippen molar-refractivity contribution in [3.8, 4) is 11.5 Å². The highest BCUT2D eigenvalue weighted by Crippen LogP contribution is 2.67. The van der Waals surface area contributed by atoms with E-state index in [1.807, 2.05) is 85.9 Å². The number of methoxy groups -OCH3 is 2. The predicted octanol–water partition coefficient (Wildman–Crippen LogP) is 13.2. The maximum absolute atomic E-state index is 12.4. The van der Waals surface area contributed by atoms with Crippen LogP contribution in [0.25, 0.3) is 0 Å². The van der Waals surface area contributed by atoms with E-state index in [1.165, 1.54) is 51.4 Å². The Morgan fingerprint density at radius 3 is 2.09 bits per heavy atom. The van der Waals surface area contributed by atoms with Crippen LogP contribution in [-0.2, 0) is 34.2 Å². The summed E-state index contributed by atoms with van der Waals surface area (Å²) in [6, 6.07) is 25.7. The quantitative estimate of drug-likeness (QED) is 0.0290. The molecular formula is C65H92N2O10. The second kappa shape index (κ2) is 27.6. The van der Waals surface area contributed by atoms with Crippen molar-refractivity contribution >= 4 is 24.3 Å². The van der Waals surface area contributed by atoms with Crippen molar-refractivity contribution in [2.24, 2.45) is 52.3 Å². The number of hydrogen-bond donors (Lipinski definition) is 2. The summed E-state index contributed by atoms with van der Waals surface area (Å²) < 4.78 is 29.4. The molecule has 4 fully saturated rings. The summed E-state index contributed by atoms with van der Waals surface area (Å²) in [7, 11) is 5.23.